The third-order valence-corrected chi connectivity index (χ3v) is 2.22. The number of ether oxygens (including phenoxy) is 1. The second kappa shape index (κ2) is 4.25. The molecule has 1 rings (SSSR count). The first kappa shape index (κ1) is 10.0. The predicted octanol–water partition coefficient (Wildman–Crippen LogP) is 1.20. The van der Waals surface area contributed by atoms with E-state index in [4.69, 9.17) is 4.74 Å². The third kappa shape index (κ3) is 2.20. The number of likely N-dealkylation sites (tertiary alicyclic amines) is 1. The molecule has 1 amide bonds. The van der Waals surface area contributed by atoms with Crippen molar-refractivity contribution in [1.29, 1.82) is 0 Å². The zero-order valence-electron chi connectivity index (χ0n) is 8.08. The van der Waals surface area contributed by atoms with E-state index in [0.717, 1.165) is 12.8 Å². The Labute approximate surface area is 77.8 Å². The van der Waals surface area contributed by atoms with Crippen LogP contribution in [-0.4, -0.2) is 36.0 Å². The Morgan fingerprint density at radius 1 is 1.54 bits per heavy atom. The van der Waals surface area contributed by atoms with Crippen molar-refractivity contribution in [2.24, 2.45) is 0 Å². The number of nitrogens with zero attached hydrogens (tertiary/aromatic N) is 1. The van der Waals surface area contributed by atoms with Crippen molar-refractivity contribution < 1.29 is 14.3 Å². The van der Waals surface area contributed by atoms with Crippen LogP contribution in [0, 0.1) is 0 Å². The summed E-state index contributed by atoms with van der Waals surface area (Å²) in [5.41, 5.74) is 0. The van der Waals surface area contributed by atoms with Crippen LogP contribution in [0.5, 0.6) is 0 Å². The van der Waals surface area contributed by atoms with Crippen LogP contribution in [0.25, 0.3) is 0 Å². The van der Waals surface area contributed by atoms with E-state index < -0.39 is 0 Å². The number of hydrogen-bond donors (Lipinski definition) is 0. The molecule has 13 heavy (non-hydrogen) atoms. The highest BCUT2D eigenvalue weighted by atomic mass is 16.6. The molecular formula is C9H15NO3. The van der Waals surface area contributed by atoms with Gasteiger partial charge in [-0.15, -0.1) is 0 Å². The van der Waals surface area contributed by atoms with E-state index >= 15 is 0 Å². The summed E-state index contributed by atoms with van der Waals surface area (Å²) in [6.07, 6.45) is 1.30. The van der Waals surface area contributed by atoms with Gasteiger partial charge in [0.15, 0.2) is 5.78 Å². The first-order valence-electron chi connectivity index (χ1n) is 4.60. The van der Waals surface area contributed by atoms with E-state index in [1.807, 2.05) is 0 Å². The number of ketones is 1. The van der Waals surface area contributed by atoms with E-state index in [9.17, 15) is 9.59 Å². The normalized spacial score (nSPS) is 21.7. The zero-order chi connectivity index (χ0) is 9.84. The van der Waals surface area contributed by atoms with Gasteiger partial charge in [-0.1, -0.05) is 0 Å². The van der Waals surface area contributed by atoms with Crippen LogP contribution >= 0.6 is 0 Å². The fourth-order valence-corrected chi connectivity index (χ4v) is 1.61. The van der Waals surface area contributed by atoms with Crippen LogP contribution in [0.2, 0.25) is 0 Å². The van der Waals surface area contributed by atoms with Gasteiger partial charge in [-0.2, -0.15) is 0 Å². The number of Topliss-reactive ketones (excluding diaryl/α,β-unsaturated/α-hetero) is 1. The average Bonchev–Trinajstić information content (AvgIpc) is 2.52. The Morgan fingerprint density at radius 3 is 2.77 bits per heavy atom. The van der Waals surface area contributed by atoms with Gasteiger partial charge in [-0.05, 0) is 26.7 Å². The molecule has 1 aliphatic rings. The van der Waals surface area contributed by atoms with Gasteiger partial charge in [0.05, 0.1) is 12.6 Å². The summed E-state index contributed by atoms with van der Waals surface area (Å²) in [4.78, 5) is 23.9. The van der Waals surface area contributed by atoms with Crippen molar-refractivity contribution >= 4 is 11.9 Å². The van der Waals surface area contributed by atoms with Crippen LogP contribution in [-0.2, 0) is 9.53 Å². The number of carbonyl (C=O) groups is 2. The van der Waals surface area contributed by atoms with Crippen LogP contribution in [0.1, 0.15) is 26.7 Å². The largest absolute Gasteiger partial charge is 0.450 e. The fourth-order valence-electron chi connectivity index (χ4n) is 1.61. The second-order valence-electron chi connectivity index (χ2n) is 3.16. The Balaban J connectivity index is 2.57. The molecule has 1 heterocycles. The maximum Gasteiger partial charge on any atom is 0.410 e. The predicted molar refractivity (Wildman–Crippen MR) is 47.4 cm³/mol. The van der Waals surface area contributed by atoms with E-state index in [0.29, 0.717) is 13.2 Å². The molecule has 4 heteroatoms. The van der Waals surface area contributed by atoms with Gasteiger partial charge in [0.25, 0.3) is 0 Å². The lowest BCUT2D eigenvalue weighted by atomic mass is 10.1. The van der Waals surface area contributed by atoms with Gasteiger partial charge in [0, 0.05) is 6.54 Å². The van der Waals surface area contributed by atoms with Crippen LogP contribution in [0.15, 0.2) is 0 Å². The third-order valence-electron chi connectivity index (χ3n) is 2.22. The lowest BCUT2D eigenvalue weighted by Gasteiger charge is -2.21. The van der Waals surface area contributed by atoms with Crippen molar-refractivity contribution in [2.75, 3.05) is 13.2 Å². The minimum Gasteiger partial charge on any atom is -0.450 e. The first-order chi connectivity index (χ1) is 6.16. The number of rotatable bonds is 2. The smallest absolute Gasteiger partial charge is 0.410 e. The van der Waals surface area contributed by atoms with Gasteiger partial charge >= 0.3 is 6.09 Å². The van der Waals surface area contributed by atoms with Gasteiger partial charge in [-0.3, -0.25) is 9.69 Å². The molecule has 4 nitrogen and oxygen atoms in total. The number of hydrogen-bond acceptors (Lipinski definition) is 3. The lowest BCUT2D eigenvalue weighted by Crippen LogP contribution is -2.39. The first-order valence-corrected chi connectivity index (χ1v) is 4.60. The summed E-state index contributed by atoms with van der Waals surface area (Å²) < 4.78 is 4.84. The molecule has 0 spiro atoms. The SMILES string of the molecule is CCOC(=O)N1CCCC1C(C)=O. The van der Waals surface area contributed by atoms with E-state index in [2.05, 4.69) is 0 Å². The zero-order valence-corrected chi connectivity index (χ0v) is 8.08. The molecule has 1 unspecified atom stereocenters. The number of carbonyl (C=O) groups excluding carboxylic acids is 2. The molecule has 0 aliphatic carbocycles. The molecule has 1 fully saturated rings. The molecule has 1 aliphatic heterocycles. The Kier molecular flexibility index (Phi) is 3.28. The molecular weight excluding hydrogens is 170 g/mol. The van der Waals surface area contributed by atoms with E-state index in [-0.39, 0.29) is 17.9 Å². The lowest BCUT2D eigenvalue weighted by molar-refractivity contribution is -0.120. The van der Waals surface area contributed by atoms with E-state index in [1.165, 1.54) is 11.8 Å². The molecule has 1 saturated heterocycles. The monoisotopic (exact) mass is 185 g/mol. The van der Waals surface area contributed by atoms with Gasteiger partial charge in [0.1, 0.15) is 0 Å². The molecule has 74 valence electrons. The summed E-state index contributed by atoms with van der Waals surface area (Å²) >= 11 is 0. The molecule has 0 saturated carbocycles. The summed E-state index contributed by atoms with van der Waals surface area (Å²) in [6, 6.07) is -0.251. The highest BCUT2D eigenvalue weighted by molar-refractivity contribution is 5.85. The fraction of sp³-hybridized carbons (Fsp3) is 0.778. The van der Waals surface area contributed by atoms with Gasteiger partial charge < -0.3 is 4.74 Å². The molecule has 0 N–H and O–H groups in total. The van der Waals surface area contributed by atoms with Crippen molar-refractivity contribution in [3.63, 3.8) is 0 Å². The summed E-state index contributed by atoms with van der Waals surface area (Å²) in [6.45, 7) is 4.28. The van der Waals surface area contributed by atoms with Crippen LogP contribution < -0.4 is 0 Å². The summed E-state index contributed by atoms with van der Waals surface area (Å²) in [5, 5.41) is 0. The van der Waals surface area contributed by atoms with Crippen molar-refractivity contribution in [1.82, 2.24) is 4.90 Å². The number of amides is 1. The molecule has 0 bridgehead atoms. The van der Waals surface area contributed by atoms with Crippen LogP contribution in [0.3, 0.4) is 0 Å². The summed E-state index contributed by atoms with van der Waals surface area (Å²) in [7, 11) is 0. The van der Waals surface area contributed by atoms with Crippen molar-refractivity contribution in [2.45, 2.75) is 32.7 Å². The Hall–Kier alpha value is -1.06. The Morgan fingerprint density at radius 2 is 2.23 bits per heavy atom. The highest BCUT2D eigenvalue weighted by Crippen LogP contribution is 2.18. The van der Waals surface area contributed by atoms with Crippen molar-refractivity contribution in [3.8, 4) is 0 Å². The standard InChI is InChI=1S/C9H15NO3/c1-3-13-9(12)10-6-4-5-8(10)7(2)11/h8H,3-6H2,1-2H3. The van der Waals surface area contributed by atoms with Crippen LogP contribution in [0.4, 0.5) is 4.79 Å². The quantitative estimate of drug-likeness (QED) is 0.649. The van der Waals surface area contributed by atoms with Gasteiger partial charge in [0.2, 0.25) is 0 Å². The van der Waals surface area contributed by atoms with Crippen molar-refractivity contribution in [3.05, 3.63) is 0 Å². The molecule has 0 aromatic rings. The minimum absolute atomic E-state index is 0.0468. The maximum absolute atomic E-state index is 11.3. The Bertz CT molecular complexity index is 215. The molecule has 0 radical (unpaired) electrons. The molecule has 0 aromatic carbocycles. The average molecular weight is 185 g/mol. The van der Waals surface area contributed by atoms with Gasteiger partial charge in [-0.25, -0.2) is 4.79 Å². The highest BCUT2D eigenvalue weighted by Gasteiger charge is 2.32. The minimum atomic E-state index is -0.361. The summed E-state index contributed by atoms with van der Waals surface area (Å²) in [5.74, 6) is 0.0468. The molecule has 0 aromatic heterocycles. The maximum atomic E-state index is 11.3. The molecule has 1 atom stereocenters. The van der Waals surface area contributed by atoms with E-state index in [1.54, 1.807) is 6.92 Å². The topological polar surface area (TPSA) is 46.6 Å². The second-order valence-corrected chi connectivity index (χ2v) is 3.16.